The molecular formula is C60H40IrN7. The Morgan fingerprint density at radius 1 is 0.485 bits per heavy atom. The zero-order chi connectivity index (χ0) is 44.5. The molecule has 0 amide bonds. The van der Waals surface area contributed by atoms with Crippen molar-refractivity contribution in [1.29, 1.82) is 0 Å². The maximum Gasteiger partial charge on any atom is 3.00 e. The van der Waals surface area contributed by atoms with Crippen LogP contribution in [0.1, 0.15) is 11.1 Å². The monoisotopic (exact) mass is 1050 g/mol. The van der Waals surface area contributed by atoms with Gasteiger partial charge in [-0.3, -0.25) is 8.97 Å². The molecule has 0 saturated carbocycles. The van der Waals surface area contributed by atoms with Crippen molar-refractivity contribution >= 4 is 49.7 Å². The number of nitrogens with zero attached hydrogens (tertiary/aromatic N) is 7. The van der Waals surface area contributed by atoms with Gasteiger partial charge in [0, 0.05) is 29.8 Å². The van der Waals surface area contributed by atoms with Crippen LogP contribution in [0.25, 0.3) is 94.8 Å². The second kappa shape index (κ2) is 18.5. The molecule has 0 unspecified atom stereocenters. The van der Waals surface area contributed by atoms with Gasteiger partial charge in [-0.05, 0) is 101 Å². The summed E-state index contributed by atoms with van der Waals surface area (Å²) in [5, 5.41) is 2.45. The third kappa shape index (κ3) is 7.75. The van der Waals surface area contributed by atoms with E-state index in [1.807, 2.05) is 97.5 Å². The number of aryl methyl sites for hydroxylation is 2. The van der Waals surface area contributed by atoms with Gasteiger partial charge in [-0.15, -0.1) is 71.1 Å². The van der Waals surface area contributed by atoms with Gasteiger partial charge in [0.15, 0.2) is 0 Å². The first-order valence-corrected chi connectivity index (χ1v) is 22.4. The standard InChI is InChI=1S/C43H29N5.C17H11N2.Ir/c1-3-12-31(13-4-1)41-32(16-11-27-45-41)24-22-30-23-25-39-40(28-30)48-42-36(33-14-9-15-34(29-33)37-20-7-8-26-44-37)19-10-21-38(42)46-43(48)47(39)35-17-5-2-6-18-35;1-3-9-15-13(7-1)14-8-2-4-10-16(14)19(15)17-11-5-6-12-18-17;/h1-12,14,16-21,23,25-29H,22,24H2;1-9,11-12H;/q-2;-1;+3. The van der Waals surface area contributed by atoms with Crippen molar-refractivity contribution in [3.05, 3.63) is 248 Å². The van der Waals surface area contributed by atoms with Crippen molar-refractivity contribution in [3.63, 3.8) is 0 Å². The summed E-state index contributed by atoms with van der Waals surface area (Å²) < 4.78 is 6.76. The van der Waals surface area contributed by atoms with Crippen LogP contribution >= 0.6 is 0 Å². The van der Waals surface area contributed by atoms with Crippen LogP contribution in [0.4, 0.5) is 0 Å². The van der Waals surface area contributed by atoms with Crippen LogP contribution in [0.3, 0.4) is 0 Å². The fourth-order valence-electron chi connectivity index (χ4n) is 9.34. The van der Waals surface area contributed by atoms with Crippen molar-refractivity contribution in [2.45, 2.75) is 12.8 Å². The van der Waals surface area contributed by atoms with Gasteiger partial charge >= 0.3 is 20.1 Å². The molecule has 13 rings (SSSR count). The Kier molecular flexibility index (Phi) is 11.5. The van der Waals surface area contributed by atoms with Crippen molar-refractivity contribution in [3.8, 4) is 45.1 Å². The number of hydrogen-bond donors (Lipinski definition) is 0. The predicted octanol–water partition coefficient (Wildman–Crippen LogP) is 13.6. The zero-order valence-electron chi connectivity index (χ0n) is 36.7. The van der Waals surface area contributed by atoms with Gasteiger partial charge in [-0.2, -0.15) is 24.3 Å². The Bertz CT molecular complexity index is 3810. The Hall–Kier alpha value is -8.29. The van der Waals surface area contributed by atoms with Crippen molar-refractivity contribution < 1.29 is 20.1 Å². The quantitative estimate of drug-likeness (QED) is 0.142. The molecule has 0 aliphatic rings. The minimum absolute atomic E-state index is 0. The average molecular weight is 1050 g/mol. The van der Waals surface area contributed by atoms with Crippen LogP contribution < -0.4 is 0 Å². The molecule has 13 aromatic rings. The van der Waals surface area contributed by atoms with E-state index in [0.717, 1.165) is 91.3 Å². The summed E-state index contributed by atoms with van der Waals surface area (Å²) in [6.45, 7) is 0. The minimum atomic E-state index is 0. The largest absolute Gasteiger partial charge is 3.00 e. The maximum absolute atomic E-state index is 5.26. The number of para-hydroxylation sites is 4. The van der Waals surface area contributed by atoms with Crippen LogP contribution in [-0.4, -0.2) is 33.5 Å². The predicted molar refractivity (Wildman–Crippen MR) is 270 cm³/mol. The van der Waals surface area contributed by atoms with Gasteiger partial charge in [0.25, 0.3) is 0 Å². The molecule has 0 radical (unpaired) electrons. The maximum atomic E-state index is 5.26. The SMILES string of the molecule is [Ir+3].[c-]1ccc(-c2cccc3nc4n(-c5ccccc5)c5ccc(CCc6cccnc6-c6[c-]cccc6)cc5n4c23)cc1-c1ccccn1.[c-]1cccc2c3ccccc3n(-c3ccccn3)c12. The normalized spacial score (nSPS) is 11.2. The summed E-state index contributed by atoms with van der Waals surface area (Å²) in [5.41, 5.74) is 16.1. The molecule has 0 spiro atoms. The Labute approximate surface area is 407 Å². The third-order valence-electron chi connectivity index (χ3n) is 12.4. The Morgan fingerprint density at radius 3 is 2.13 bits per heavy atom. The van der Waals surface area contributed by atoms with E-state index >= 15 is 0 Å². The fourth-order valence-corrected chi connectivity index (χ4v) is 9.34. The summed E-state index contributed by atoms with van der Waals surface area (Å²) in [5.74, 6) is 1.81. The molecule has 0 aliphatic heterocycles. The van der Waals surface area contributed by atoms with Crippen LogP contribution in [0, 0.1) is 18.2 Å². The molecule has 0 N–H and O–H groups in total. The molecule has 7 aromatic carbocycles. The van der Waals surface area contributed by atoms with Crippen LogP contribution in [-0.2, 0) is 32.9 Å². The molecule has 68 heavy (non-hydrogen) atoms. The Balaban J connectivity index is 0.000000211. The van der Waals surface area contributed by atoms with Gasteiger partial charge < -0.3 is 14.5 Å². The van der Waals surface area contributed by atoms with E-state index in [1.54, 1.807) is 0 Å². The smallest absolute Gasteiger partial charge is 0.319 e. The van der Waals surface area contributed by atoms with E-state index in [9.17, 15) is 0 Å². The number of aromatic nitrogens is 7. The number of imidazole rings is 2. The second-order valence-corrected chi connectivity index (χ2v) is 16.4. The fraction of sp³-hybridized carbons (Fsp3) is 0.0333. The van der Waals surface area contributed by atoms with E-state index in [2.05, 4.69) is 163 Å². The van der Waals surface area contributed by atoms with Gasteiger partial charge in [0.2, 0.25) is 5.78 Å². The summed E-state index contributed by atoms with van der Waals surface area (Å²) >= 11 is 0. The van der Waals surface area contributed by atoms with E-state index in [0.29, 0.717) is 0 Å². The number of fused-ring (bicyclic) bond motifs is 8. The number of hydrogen-bond acceptors (Lipinski definition) is 4. The summed E-state index contributed by atoms with van der Waals surface area (Å²) in [4.78, 5) is 19.0. The molecular weight excluding hydrogens is 1010 g/mol. The number of benzene rings is 7. The third-order valence-corrected chi connectivity index (χ3v) is 12.4. The summed E-state index contributed by atoms with van der Waals surface area (Å²) in [7, 11) is 0. The van der Waals surface area contributed by atoms with Crippen molar-refractivity contribution in [1.82, 2.24) is 33.5 Å². The van der Waals surface area contributed by atoms with Crippen molar-refractivity contribution in [2.24, 2.45) is 0 Å². The summed E-state index contributed by atoms with van der Waals surface area (Å²) in [6, 6.07) is 78.7. The number of rotatable bonds is 8. The summed E-state index contributed by atoms with van der Waals surface area (Å²) in [6.07, 6.45) is 7.25. The van der Waals surface area contributed by atoms with Crippen molar-refractivity contribution in [2.75, 3.05) is 0 Å². The Morgan fingerprint density at radius 2 is 1.28 bits per heavy atom. The molecule has 6 heterocycles. The van der Waals surface area contributed by atoms with Crippen LogP contribution in [0.2, 0.25) is 0 Å². The average Bonchev–Trinajstić information content (AvgIpc) is 4.06. The second-order valence-electron chi connectivity index (χ2n) is 16.4. The first-order chi connectivity index (χ1) is 33.3. The minimum Gasteiger partial charge on any atom is -0.319 e. The van der Waals surface area contributed by atoms with Crippen LogP contribution in [0.15, 0.2) is 219 Å². The molecule has 6 aromatic heterocycles. The van der Waals surface area contributed by atoms with Crippen LogP contribution in [0.5, 0.6) is 0 Å². The first-order valence-electron chi connectivity index (χ1n) is 22.4. The van der Waals surface area contributed by atoms with E-state index < -0.39 is 0 Å². The van der Waals surface area contributed by atoms with Gasteiger partial charge in [-0.1, -0.05) is 95.5 Å². The molecule has 0 bridgehead atoms. The molecule has 7 nitrogen and oxygen atoms in total. The molecule has 0 fully saturated rings. The molecule has 0 saturated heterocycles. The number of pyridine rings is 3. The topological polar surface area (TPSA) is 65.8 Å². The van der Waals surface area contributed by atoms with Gasteiger partial charge in [0.05, 0.1) is 22.1 Å². The van der Waals surface area contributed by atoms with E-state index in [-0.39, 0.29) is 20.1 Å². The van der Waals surface area contributed by atoms with Gasteiger partial charge in [-0.25, -0.2) is 9.97 Å². The van der Waals surface area contributed by atoms with Gasteiger partial charge in [0.1, 0.15) is 5.82 Å². The van der Waals surface area contributed by atoms with E-state index in [1.165, 1.54) is 27.4 Å². The molecule has 0 aliphatic carbocycles. The zero-order valence-corrected chi connectivity index (χ0v) is 39.1. The molecule has 8 heteroatoms. The first kappa shape index (κ1) is 42.4. The molecule has 0 atom stereocenters. The molecule has 324 valence electrons. The van der Waals surface area contributed by atoms with E-state index in [4.69, 9.17) is 9.97 Å².